The van der Waals surface area contributed by atoms with E-state index in [1.54, 1.807) is 0 Å². The molecule has 0 saturated carbocycles. The molecule has 0 spiro atoms. The van der Waals surface area contributed by atoms with Gasteiger partial charge in [-0.25, -0.2) is 0 Å². The van der Waals surface area contributed by atoms with Crippen LogP contribution in [0.5, 0.6) is 0 Å². The predicted octanol–water partition coefficient (Wildman–Crippen LogP) is 2.56. The maximum absolute atomic E-state index is 11.8. The average Bonchev–Trinajstić information content (AvgIpc) is 2.41. The molecule has 1 aromatic rings. The van der Waals surface area contributed by atoms with Crippen LogP contribution in [-0.2, 0) is 14.3 Å². The monoisotopic (exact) mass is 306 g/mol. The summed E-state index contributed by atoms with van der Waals surface area (Å²) in [6.45, 7) is 7.89. The molecule has 0 heterocycles. The maximum Gasteiger partial charge on any atom is 0.233 e. The highest BCUT2D eigenvalue weighted by atomic mass is 16.5. The minimum absolute atomic E-state index is 0.164. The van der Waals surface area contributed by atoms with Crippen molar-refractivity contribution in [3.05, 3.63) is 29.3 Å². The third-order valence-corrected chi connectivity index (χ3v) is 2.96. The molecule has 2 N–H and O–H groups in total. The van der Waals surface area contributed by atoms with Crippen molar-refractivity contribution >= 4 is 17.5 Å². The van der Waals surface area contributed by atoms with Crippen LogP contribution in [0.15, 0.2) is 18.2 Å². The summed E-state index contributed by atoms with van der Waals surface area (Å²) in [5, 5.41) is 5.47. The Morgan fingerprint density at radius 2 is 1.73 bits per heavy atom. The van der Waals surface area contributed by atoms with Gasteiger partial charge < -0.3 is 15.4 Å². The van der Waals surface area contributed by atoms with Crippen LogP contribution in [0.25, 0.3) is 0 Å². The van der Waals surface area contributed by atoms with Gasteiger partial charge in [-0.15, -0.1) is 0 Å². The van der Waals surface area contributed by atoms with Crippen molar-refractivity contribution in [2.45, 2.75) is 40.0 Å². The summed E-state index contributed by atoms with van der Waals surface area (Å²) in [5.74, 6) is -0.568. The number of benzene rings is 1. The van der Waals surface area contributed by atoms with E-state index in [1.165, 1.54) is 0 Å². The number of aryl methyl sites for hydroxylation is 2. The smallest absolute Gasteiger partial charge is 0.233 e. The van der Waals surface area contributed by atoms with Gasteiger partial charge in [-0.2, -0.15) is 0 Å². The zero-order valence-corrected chi connectivity index (χ0v) is 13.7. The van der Waals surface area contributed by atoms with Crippen LogP contribution < -0.4 is 10.6 Å². The van der Waals surface area contributed by atoms with Gasteiger partial charge in [0.2, 0.25) is 11.8 Å². The molecule has 22 heavy (non-hydrogen) atoms. The summed E-state index contributed by atoms with van der Waals surface area (Å²) < 4.78 is 5.32. The number of amides is 2. The van der Waals surface area contributed by atoms with Crippen molar-refractivity contribution in [3.63, 3.8) is 0 Å². The van der Waals surface area contributed by atoms with Gasteiger partial charge >= 0.3 is 0 Å². The second-order valence-electron chi connectivity index (χ2n) is 5.42. The third-order valence-electron chi connectivity index (χ3n) is 2.96. The van der Waals surface area contributed by atoms with Crippen molar-refractivity contribution < 1.29 is 14.3 Å². The number of rotatable bonds is 9. The zero-order chi connectivity index (χ0) is 16.4. The van der Waals surface area contributed by atoms with E-state index in [1.807, 2.05) is 32.0 Å². The molecular formula is C17H26N2O3. The molecule has 0 aliphatic heterocycles. The molecule has 0 aliphatic rings. The van der Waals surface area contributed by atoms with E-state index >= 15 is 0 Å². The van der Waals surface area contributed by atoms with Crippen LogP contribution in [0.4, 0.5) is 5.69 Å². The van der Waals surface area contributed by atoms with E-state index in [2.05, 4.69) is 17.6 Å². The van der Waals surface area contributed by atoms with Crippen LogP contribution in [0, 0.1) is 13.8 Å². The van der Waals surface area contributed by atoms with Gasteiger partial charge in [-0.05, 0) is 49.9 Å². The van der Waals surface area contributed by atoms with E-state index in [4.69, 9.17) is 4.74 Å². The first-order chi connectivity index (χ1) is 10.5. The van der Waals surface area contributed by atoms with Crippen LogP contribution >= 0.6 is 0 Å². The average molecular weight is 306 g/mol. The lowest BCUT2D eigenvalue weighted by Crippen LogP contribution is -2.29. The summed E-state index contributed by atoms with van der Waals surface area (Å²) in [4.78, 5) is 23.5. The Labute approximate surface area is 132 Å². The fourth-order valence-corrected chi connectivity index (χ4v) is 2.11. The standard InChI is InChI=1S/C17H26N2O3/c1-4-7-22-8-5-6-18-16(20)12-17(21)19-15-10-13(2)9-14(3)11-15/h9-11H,4-8,12H2,1-3H3,(H,18,20)(H,19,21). The van der Waals surface area contributed by atoms with Gasteiger partial charge in [0.25, 0.3) is 0 Å². The van der Waals surface area contributed by atoms with Crippen LogP contribution in [0.1, 0.15) is 37.3 Å². The second-order valence-corrected chi connectivity index (χ2v) is 5.42. The lowest BCUT2D eigenvalue weighted by molar-refractivity contribution is -0.126. The minimum Gasteiger partial charge on any atom is -0.381 e. The number of carbonyl (C=O) groups excluding carboxylic acids is 2. The van der Waals surface area contributed by atoms with Gasteiger partial charge in [-0.1, -0.05) is 13.0 Å². The largest absolute Gasteiger partial charge is 0.381 e. The lowest BCUT2D eigenvalue weighted by atomic mass is 10.1. The van der Waals surface area contributed by atoms with Crippen LogP contribution in [-0.4, -0.2) is 31.6 Å². The van der Waals surface area contributed by atoms with E-state index in [9.17, 15) is 9.59 Å². The van der Waals surface area contributed by atoms with Crippen molar-refractivity contribution in [1.82, 2.24) is 5.32 Å². The SMILES string of the molecule is CCCOCCCNC(=O)CC(=O)Nc1cc(C)cc(C)c1. The molecule has 1 aromatic carbocycles. The molecule has 0 fully saturated rings. The number of nitrogens with one attached hydrogen (secondary N) is 2. The Balaban J connectivity index is 2.25. The number of hydrogen-bond donors (Lipinski definition) is 2. The highest BCUT2D eigenvalue weighted by molar-refractivity contribution is 6.03. The molecule has 0 radical (unpaired) electrons. The molecule has 122 valence electrons. The molecular weight excluding hydrogens is 280 g/mol. The van der Waals surface area contributed by atoms with Crippen molar-refractivity contribution in [1.29, 1.82) is 0 Å². The normalized spacial score (nSPS) is 10.3. The predicted molar refractivity (Wildman–Crippen MR) is 87.9 cm³/mol. The molecule has 0 aliphatic carbocycles. The first kappa shape index (κ1) is 18.2. The summed E-state index contributed by atoms with van der Waals surface area (Å²) in [5.41, 5.74) is 2.88. The molecule has 1 rings (SSSR count). The van der Waals surface area contributed by atoms with Gasteiger partial charge in [-0.3, -0.25) is 9.59 Å². The summed E-state index contributed by atoms with van der Waals surface area (Å²) in [6, 6.07) is 5.80. The fraction of sp³-hybridized carbons (Fsp3) is 0.529. The minimum atomic E-state index is -0.301. The molecule has 0 aromatic heterocycles. The Morgan fingerprint density at radius 3 is 2.36 bits per heavy atom. The topological polar surface area (TPSA) is 67.4 Å². The fourth-order valence-electron chi connectivity index (χ4n) is 2.11. The molecule has 0 saturated heterocycles. The lowest BCUT2D eigenvalue weighted by Gasteiger charge is -2.08. The Bertz CT molecular complexity index is 480. The van der Waals surface area contributed by atoms with Gasteiger partial charge in [0, 0.05) is 25.4 Å². The van der Waals surface area contributed by atoms with E-state index in [0.717, 1.165) is 36.3 Å². The quantitative estimate of drug-likeness (QED) is 0.544. The van der Waals surface area contributed by atoms with Gasteiger partial charge in [0.15, 0.2) is 0 Å². The van der Waals surface area contributed by atoms with Gasteiger partial charge in [0.1, 0.15) is 6.42 Å². The van der Waals surface area contributed by atoms with Crippen molar-refractivity contribution in [2.75, 3.05) is 25.1 Å². The van der Waals surface area contributed by atoms with Crippen molar-refractivity contribution in [2.24, 2.45) is 0 Å². The first-order valence-corrected chi connectivity index (χ1v) is 7.74. The highest BCUT2D eigenvalue weighted by Gasteiger charge is 2.09. The Kier molecular flexibility index (Phi) is 8.22. The molecule has 5 nitrogen and oxygen atoms in total. The third kappa shape index (κ3) is 7.78. The maximum atomic E-state index is 11.8. The number of anilines is 1. The molecule has 2 amide bonds. The number of ether oxygens (including phenoxy) is 1. The Hall–Kier alpha value is -1.88. The molecule has 0 bridgehead atoms. The molecule has 0 unspecified atom stereocenters. The first-order valence-electron chi connectivity index (χ1n) is 7.74. The second kappa shape index (κ2) is 9.95. The Morgan fingerprint density at radius 1 is 1.05 bits per heavy atom. The van der Waals surface area contributed by atoms with Crippen LogP contribution in [0.2, 0.25) is 0 Å². The van der Waals surface area contributed by atoms with Crippen molar-refractivity contribution in [3.8, 4) is 0 Å². The van der Waals surface area contributed by atoms with E-state index in [0.29, 0.717) is 13.2 Å². The van der Waals surface area contributed by atoms with Gasteiger partial charge in [0.05, 0.1) is 0 Å². The molecule has 5 heteroatoms. The van der Waals surface area contributed by atoms with E-state index < -0.39 is 0 Å². The molecule has 0 atom stereocenters. The highest BCUT2D eigenvalue weighted by Crippen LogP contribution is 2.13. The number of hydrogen-bond acceptors (Lipinski definition) is 3. The number of carbonyl (C=O) groups is 2. The summed E-state index contributed by atoms with van der Waals surface area (Å²) >= 11 is 0. The summed E-state index contributed by atoms with van der Waals surface area (Å²) in [6.07, 6.45) is 1.58. The van der Waals surface area contributed by atoms with Crippen LogP contribution in [0.3, 0.4) is 0 Å². The van der Waals surface area contributed by atoms with E-state index in [-0.39, 0.29) is 18.2 Å². The summed E-state index contributed by atoms with van der Waals surface area (Å²) in [7, 11) is 0. The zero-order valence-electron chi connectivity index (χ0n) is 13.7.